The Kier molecular flexibility index (Phi) is 4.85. The highest BCUT2D eigenvalue weighted by atomic mass is 32.2. The Bertz CT molecular complexity index is 414. The maximum Gasteiger partial charge on any atom is 0.211 e. The van der Waals surface area contributed by atoms with E-state index in [0.717, 1.165) is 11.3 Å². The van der Waals surface area contributed by atoms with Gasteiger partial charge in [0, 0.05) is 25.0 Å². The summed E-state index contributed by atoms with van der Waals surface area (Å²) in [6.07, 6.45) is 1.89. The van der Waals surface area contributed by atoms with Crippen molar-refractivity contribution in [2.45, 2.75) is 19.9 Å². The molecule has 0 spiro atoms. The van der Waals surface area contributed by atoms with Crippen molar-refractivity contribution >= 4 is 10.0 Å². The zero-order valence-corrected chi connectivity index (χ0v) is 10.00. The molecule has 0 bridgehead atoms. The summed E-state index contributed by atoms with van der Waals surface area (Å²) in [5.74, 6) is -0.0528. The highest BCUT2D eigenvalue weighted by molar-refractivity contribution is 7.89. The van der Waals surface area contributed by atoms with Crippen molar-refractivity contribution in [3.05, 3.63) is 29.6 Å². The zero-order chi connectivity index (χ0) is 12.0. The highest BCUT2D eigenvalue weighted by Gasteiger charge is 2.08. The summed E-state index contributed by atoms with van der Waals surface area (Å²) in [6, 6.07) is 3.66. The lowest BCUT2D eigenvalue weighted by atomic mass is 10.2. The van der Waals surface area contributed by atoms with Crippen LogP contribution in [0.2, 0.25) is 0 Å². The number of aliphatic hydroxyl groups is 1. The zero-order valence-electron chi connectivity index (χ0n) is 9.18. The average Bonchev–Trinajstić information content (AvgIpc) is 2.26. The molecular formula is C10H16N2O3S. The molecule has 1 aromatic rings. The second kappa shape index (κ2) is 5.93. The molecule has 0 aliphatic rings. The topological polar surface area (TPSA) is 79.3 Å². The molecule has 1 heterocycles. The predicted octanol–water partition coefficient (Wildman–Crippen LogP) is 0.192. The Morgan fingerprint density at radius 2 is 2.19 bits per heavy atom. The summed E-state index contributed by atoms with van der Waals surface area (Å²) in [5, 5.41) is 8.54. The molecule has 90 valence electrons. The Hall–Kier alpha value is -0.980. The van der Waals surface area contributed by atoms with Crippen LogP contribution >= 0.6 is 0 Å². The molecule has 0 atom stereocenters. The summed E-state index contributed by atoms with van der Waals surface area (Å²) >= 11 is 0. The van der Waals surface area contributed by atoms with Crippen molar-refractivity contribution in [2.24, 2.45) is 0 Å². The Labute approximate surface area is 95.6 Å². The first kappa shape index (κ1) is 13.1. The molecule has 0 amide bonds. The molecule has 6 heteroatoms. The third-order valence-electron chi connectivity index (χ3n) is 2.04. The van der Waals surface area contributed by atoms with Gasteiger partial charge in [-0.05, 0) is 25.0 Å². The maximum absolute atomic E-state index is 11.4. The van der Waals surface area contributed by atoms with Crippen LogP contribution in [0.15, 0.2) is 18.3 Å². The maximum atomic E-state index is 11.4. The summed E-state index contributed by atoms with van der Waals surface area (Å²) < 4.78 is 25.2. The minimum atomic E-state index is -3.29. The smallest absolute Gasteiger partial charge is 0.211 e. The van der Waals surface area contributed by atoms with E-state index in [-0.39, 0.29) is 25.3 Å². The van der Waals surface area contributed by atoms with Crippen LogP contribution in [0.4, 0.5) is 0 Å². The summed E-state index contributed by atoms with van der Waals surface area (Å²) in [5.41, 5.74) is 1.71. The van der Waals surface area contributed by atoms with Gasteiger partial charge in [-0.25, -0.2) is 13.1 Å². The minimum absolute atomic E-state index is 0.0528. The van der Waals surface area contributed by atoms with E-state index in [1.165, 1.54) is 0 Å². The van der Waals surface area contributed by atoms with E-state index in [1.807, 2.05) is 19.1 Å². The van der Waals surface area contributed by atoms with Crippen molar-refractivity contribution in [1.82, 2.24) is 9.71 Å². The molecule has 1 rings (SSSR count). The molecule has 0 aliphatic carbocycles. The van der Waals surface area contributed by atoms with Gasteiger partial charge in [0.1, 0.15) is 0 Å². The van der Waals surface area contributed by atoms with Gasteiger partial charge in [0.05, 0.1) is 5.75 Å². The predicted molar refractivity (Wildman–Crippen MR) is 61.3 cm³/mol. The van der Waals surface area contributed by atoms with Crippen LogP contribution in [-0.2, 0) is 16.6 Å². The van der Waals surface area contributed by atoms with Crippen LogP contribution in [0.3, 0.4) is 0 Å². The second-order valence-corrected chi connectivity index (χ2v) is 5.45. The first-order chi connectivity index (χ1) is 7.53. The molecule has 0 aromatic carbocycles. The molecule has 0 radical (unpaired) electrons. The number of hydrogen-bond acceptors (Lipinski definition) is 4. The monoisotopic (exact) mass is 244 g/mol. The van der Waals surface area contributed by atoms with E-state index in [9.17, 15) is 8.42 Å². The lowest BCUT2D eigenvalue weighted by Crippen LogP contribution is -2.26. The van der Waals surface area contributed by atoms with Crippen LogP contribution in [0.25, 0.3) is 0 Å². The van der Waals surface area contributed by atoms with Crippen molar-refractivity contribution in [3.8, 4) is 0 Å². The van der Waals surface area contributed by atoms with Gasteiger partial charge in [-0.3, -0.25) is 4.98 Å². The van der Waals surface area contributed by atoms with Crippen molar-refractivity contribution in [2.75, 3.05) is 12.4 Å². The number of nitrogens with one attached hydrogen (secondary N) is 1. The van der Waals surface area contributed by atoms with Crippen LogP contribution in [-0.4, -0.2) is 30.9 Å². The molecule has 0 aliphatic heterocycles. The van der Waals surface area contributed by atoms with Gasteiger partial charge in [-0.1, -0.05) is 6.07 Å². The van der Waals surface area contributed by atoms with E-state index in [2.05, 4.69) is 9.71 Å². The molecule has 0 saturated heterocycles. The first-order valence-corrected chi connectivity index (χ1v) is 6.68. The van der Waals surface area contributed by atoms with E-state index >= 15 is 0 Å². The number of hydrogen-bond donors (Lipinski definition) is 2. The fraction of sp³-hybridized carbons (Fsp3) is 0.500. The number of aliphatic hydroxyl groups excluding tert-OH is 1. The lowest BCUT2D eigenvalue weighted by Gasteiger charge is -2.05. The van der Waals surface area contributed by atoms with Gasteiger partial charge < -0.3 is 5.11 Å². The Morgan fingerprint density at radius 1 is 1.44 bits per heavy atom. The minimum Gasteiger partial charge on any atom is -0.396 e. The van der Waals surface area contributed by atoms with Gasteiger partial charge >= 0.3 is 0 Å². The number of rotatable bonds is 6. The quantitative estimate of drug-likeness (QED) is 0.749. The van der Waals surface area contributed by atoms with Crippen LogP contribution in [0.5, 0.6) is 0 Å². The largest absolute Gasteiger partial charge is 0.396 e. The van der Waals surface area contributed by atoms with Crippen molar-refractivity contribution < 1.29 is 13.5 Å². The molecule has 5 nitrogen and oxygen atoms in total. The van der Waals surface area contributed by atoms with Crippen molar-refractivity contribution in [1.29, 1.82) is 0 Å². The normalized spacial score (nSPS) is 11.6. The number of pyridine rings is 1. The van der Waals surface area contributed by atoms with E-state index in [4.69, 9.17) is 5.11 Å². The SMILES string of the molecule is Cc1ccc(CNS(=O)(=O)CCCO)cn1. The Balaban J connectivity index is 2.48. The molecule has 0 unspecified atom stereocenters. The summed E-state index contributed by atoms with van der Waals surface area (Å²) in [6.45, 7) is 1.99. The van der Waals surface area contributed by atoms with Crippen LogP contribution in [0.1, 0.15) is 17.7 Å². The van der Waals surface area contributed by atoms with E-state index < -0.39 is 10.0 Å². The second-order valence-electron chi connectivity index (χ2n) is 3.52. The van der Waals surface area contributed by atoms with E-state index in [1.54, 1.807) is 6.20 Å². The number of sulfonamides is 1. The summed E-state index contributed by atoms with van der Waals surface area (Å²) in [7, 11) is -3.29. The van der Waals surface area contributed by atoms with Gasteiger partial charge in [-0.2, -0.15) is 0 Å². The third kappa shape index (κ3) is 4.69. The number of aromatic nitrogens is 1. The molecular weight excluding hydrogens is 228 g/mol. The van der Waals surface area contributed by atoms with Gasteiger partial charge in [0.15, 0.2) is 0 Å². The first-order valence-electron chi connectivity index (χ1n) is 5.03. The lowest BCUT2D eigenvalue weighted by molar-refractivity contribution is 0.295. The highest BCUT2D eigenvalue weighted by Crippen LogP contribution is 2.00. The molecule has 2 N–H and O–H groups in total. The average molecular weight is 244 g/mol. The third-order valence-corrected chi connectivity index (χ3v) is 3.45. The molecule has 0 saturated carbocycles. The molecule has 16 heavy (non-hydrogen) atoms. The van der Waals surface area contributed by atoms with Crippen molar-refractivity contribution in [3.63, 3.8) is 0 Å². The number of aryl methyl sites for hydroxylation is 1. The van der Waals surface area contributed by atoms with Gasteiger partial charge in [0.25, 0.3) is 0 Å². The summed E-state index contributed by atoms with van der Waals surface area (Å²) in [4.78, 5) is 4.07. The van der Waals surface area contributed by atoms with E-state index in [0.29, 0.717) is 0 Å². The van der Waals surface area contributed by atoms with Crippen LogP contribution < -0.4 is 4.72 Å². The molecule has 0 fully saturated rings. The fourth-order valence-corrected chi connectivity index (χ4v) is 2.16. The van der Waals surface area contributed by atoms with Gasteiger partial charge in [-0.15, -0.1) is 0 Å². The van der Waals surface area contributed by atoms with Gasteiger partial charge in [0.2, 0.25) is 10.0 Å². The number of nitrogens with zero attached hydrogens (tertiary/aromatic N) is 1. The fourth-order valence-electron chi connectivity index (χ4n) is 1.12. The standard InChI is InChI=1S/C10H16N2O3S/c1-9-3-4-10(7-11-9)8-12-16(14,15)6-2-5-13/h3-4,7,12-13H,2,5-6,8H2,1H3. The molecule has 1 aromatic heterocycles. The Morgan fingerprint density at radius 3 is 2.75 bits per heavy atom. The van der Waals surface area contributed by atoms with Crippen LogP contribution in [0, 0.1) is 6.92 Å².